The Kier molecular flexibility index (Phi) is 12.3. The van der Waals surface area contributed by atoms with Gasteiger partial charge in [-0.15, -0.1) is 0 Å². The first-order chi connectivity index (χ1) is 14.0. The molecule has 0 aromatic rings. The molecule has 0 aliphatic carbocycles. The quantitative estimate of drug-likeness (QED) is 0.459. The molecule has 2 amide bonds. The maximum Gasteiger partial charge on any atom is 0.410 e. The van der Waals surface area contributed by atoms with Crippen molar-refractivity contribution in [3.8, 4) is 0 Å². The van der Waals surface area contributed by atoms with Gasteiger partial charge in [0.15, 0.2) is 0 Å². The Balaban J connectivity index is 0.00000263. The Morgan fingerprint density at radius 3 is 2.27 bits per heavy atom. The van der Waals surface area contributed by atoms with Gasteiger partial charge >= 0.3 is 6.09 Å². The van der Waals surface area contributed by atoms with Gasteiger partial charge in [-0.05, 0) is 51.0 Å². The van der Waals surface area contributed by atoms with E-state index in [0.717, 1.165) is 18.4 Å². The Morgan fingerprint density at radius 1 is 1.27 bits per heavy atom. The molecule has 1 heterocycles. The number of nitrogens with zero attached hydrogens (tertiary/aromatic N) is 1. The van der Waals surface area contributed by atoms with Crippen LogP contribution in [0, 0.1) is 11.8 Å². The number of methoxy groups -OCH3 is 1. The Bertz CT molecular complexity index is 597. The minimum Gasteiger partial charge on any atom is -0.444 e. The maximum absolute atomic E-state index is 12.6. The summed E-state index contributed by atoms with van der Waals surface area (Å²) in [5.74, 6) is -0.0635. The van der Waals surface area contributed by atoms with Crippen molar-refractivity contribution in [1.29, 1.82) is 0 Å². The molecule has 7 nitrogen and oxygen atoms in total. The summed E-state index contributed by atoms with van der Waals surface area (Å²) < 4.78 is 11.4. The Hall–Kier alpha value is -2.12. The standard InChI is InChI=1S/C22H37NO4.CH3NO/c1-9-12-17(10-2)19(24)15(3)16(4)20(26-8)18-13-11-14-23(18)21(25)27-22(5,6)7;2-1-3/h9-10,12,15-16,18-20,24H,1-2,11,13-14H2,3-8H3;1H,(H2,2,3)/b17-12+;. The average Bonchev–Trinajstić information content (AvgIpc) is 3.14. The fourth-order valence-electron chi connectivity index (χ4n) is 3.72. The predicted molar refractivity (Wildman–Crippen MR) is 120 cm³/mol. The third-order valence-electron chi connectivity index (χ3n) is 5.31. The summed E-state index contributed by atoms with van der Waals surface area (Å²) in [7, 11) is 1.67. The first-order valence-corrected chi connectivity index (χ1v) is 10.3. The van der Waals surface area contributed by atoms with E-state index in [0.29, 0.717) is 6.54 Å². The van der Waals surface area contributed by atoms with Gasteiger partial charge < -0.3 is 25.2 Å². The van der Waals surface area contributed by atoms with E-state index >= 15 is 0 Å². The number of likely N-dealkylation sites (tertiary alicyclic amines) is 1. The molecule has 0 bridgehead atoms. The summed E-state index contributed by atoms with van der Waals surface area (Å²) >= 11 is 0. The Morgan fingerprint density at radius 2 is 1.83 bits per heavy atom. The summed E-state index contributed by atoms with van der Waals surface area (Å²) in [6, 6.07) is -0.0648. The first kappa shape index (κ1) is 27.9. The second-order valence-corrected chi connectivity index (χ2v) is 8.49. The highest BCUT2D eigenvalue weighted by atomic mass is 16.6. The van der Waals surface area contributed by atoms with Gasteiger partial charge in [0, 0.05) is 13.7 Å². The van der Waals surface area contributed by atoms with Crippen LogP contribution in [-0.2, 0) is 14.3 Å². The lowest BCUT2D eigenvalue weighted by Gasteiger charge is -2.38. The minimum atomic E-state index is -0.676. The summed E-state index contributed by atoms with van der Waals surface area (Å²) in [5, 5.41) is 10.7. The van der Waals surface area contributed by atoms with Crippen molar-refractivity contribution in [3.05, 3.63) is 37.0 Å². The summed E-state index contributed by atoms with van der Waals surface area (Å²) in [4.78, 5) is 23.0. The topological polar surface area (TPSA) is 102 Å². The summed E-state index contributed by atoms with van der Waals surface area (Å²) in [6.45, 7) is 17.8. The monoisotopic (exact) mass is 424 g/mol. The van der Waals surface area contributed by atoms with Crippen molar-refractivity contribution in [2.45, 2.75) is 71.3 Å². The van der Waals surface area contributed by atoms with Crippen molar-refractivity contribution in [3.63, 3.8) is 0 Å². The third kappa shape index (κ3) is 8.32. The summed E-state index contributed by atoms with van der Waals surface area (Å²) in [5.41, 5.74) is 4.37. The highest BCUT2D eigenvalue weighted by Gasteiger charge is 2.41. The molecule has 7 heteroatoms. The van der Waals surface area contributed by atoms with E-state index in [2.05, 4.69) is 25.8 Å². The summed E-state index contributed by atoms with van der Waals surface area (Å²) in [6.07, 6.45) is 5.93. The molecule has 1 rings (SSSR count). The van der Waals surface area contributed by atoms with Gasteiger partial charge in [-0.25, -0.2) is 4.79 Å². The number of nitrogens with two attached hydrogens (primary N) is 1. The van der Waals surface area contributed by atoms with Crippen LogP contribution in [0.5, 0.6) is 0 Å². The van der Waals surface area contributed by atoms with Crippen LogP contribution in [0.1, 0.15) is 47.5 Å². The number of hydrogen-bond donors (Lipinski definition) is 2. The van der Waals surface area contributed by atoms with Crippen LogP contribution in [-0.4, -0.2) is 60.0 Å². The van der Waals surface area contributed by atoms with Gasteiger partial charge in [0.1, 0.15) is 5.60 Å². The second kappa shape index (κ2) is 13.2. The first-order valence-electron chi connectivity index (χ1n) is 10.3. The van der Waals surface area contributed by atoms with Crippen LogP contribution >= 0.6 is 0 Å². The third-order valence-corrected chi connectivity index (χ3v) is 5.31. The molecule has 1 aliphatic heterocycles. The zero-order valence-corrected chi connectivity index (χ0v) is 19.3. The molecule has 0 radical (unpaired) electrons. The van der Waals surface area contributed by atoms with Crippen LogP contribution < -0.4 is 5.73 Å². The van der Waals surface area contributed by atoms with Crippen molar-refractivity contribution >= 4 is 12.5 Å². The average molecular weight is 425 g/mol. The zero-order chi connectivity index (χ0) is 23.5. The number of aliphatic hydroxyl groups is 1. The number of rotatable bonds is 8. The number of carbonyl (C=O) groups is 2. The molecule has 5 atom stereocenters. The molecule has 1 fully saturated rings. The number of allylic oxidation sites excluding steroid dienone is 2. The van der Waals surface area contributed by atoms with Gasteiger partial charge in [-0.1, -0.05) is 45.2 Å². The molecule has 5 unspecified atom stereocenters. The van der Waals surface area contributed by atoms with Gasteiger partial charge in [0.2, 0.25) is 6.41 Å². The fraction of sp³-hybridized carbons (Fsp3) is 0.652. The van der Waals surface area contributed by atoms with E-state index in [1.165, 1.54) is 0 Å². The fourth-order valence-corrected chi connectivity index (χ4v) is 3.72. The number of carbonyl (C=O) groups excluding carboxylic acids is 2. The Labute approximate surface area is 181 Å². The van der Waals surface area contributed by atoms with Gasteiger partial charge in [-0.2, -0.15) is 0 Å². The lowest BCUT2D eigenvalue weighted by atomic mass is 9.80. The zero-order valence-electron chi connectivity index (χ0n) is 19.3. The highest BCUT2D eigenvalue weighted by Crippen LogP contribution is 2.33. The largest absolute Gasteiger partial charge is 0.444 e. The lowest BCUT2D eigenvalue weighted by molar-refractivity contribution is -0.106. The molecule has 30 heavy (non-hydrogen) atoms. The number of ether oxygens (including phenoxy) is 2. The lowest BCUT2D eigenvalue weighted by Crippen LogP contribution is -2.49. The highest BCUT2D eigenvalue weighted by molar-refractivity contribution is 5.69. The number of aliphatic hydroxyl groups excluding tert-OH is 1. The van der Waals surface area contributed by atoms with Crippen molar-refractivity contribution < 1.29 is 24.2 Å². The SMILES string of the molecule is C=C/C=C(\C=C)C(O)C(C)C(C)C(OC)C1CCCN1C(=O)OC(C)(C)C.NC=O. The van der Waals surface area contributed by atoms with Gasteiger partial charge in [-0.3, -0.25) is 4.79 Å². The van der Waals surface area contributed by atoms with Crippen LogP contribution in [0.4, 0.5) is 4.79 Å². The molecule has 0 saturated carbocycles. The smallest absolute Gasteiger partial charge is 0.410 e. The van der Waals surface area contributed by atoms with E-state index in [4.69, 9.17) is 14.3 Å². The molecule has 3 N–H and O–H groups in total. The molecule has 0 aromatic heterocycles. The van der Waals surface area contributed by atoms with Crippen LogP contribution in [0.25, 0.3) is 0 Å². The molecular weight excluding hydrogens is 384 g/mol. The number of amides is 2. The van der Waals surface area contributed by atoms with Crippen molar-refractivity contribution in [1.82, 2.24) is 4.90 Å². The maximum atomic E-state index is 12.6. The normalized spacial score (nSPS) is 20.8. The predicted octanol–water partition coefficient (Wildman–Crippen LogP) is 3.43. The van der Waals surface area contributed by atoms with E-state index in [1.54, 1.807) is 30.2 Å². The molecule has 0 aromatic carbocycles. The molecule has 1 aliphatic rings. The number of hydrogen-bond acceptors (Lipinski definition) is 5. The molecule has 0 spiro atoms. The van der Waals surface area contributed by atoms with Crippen LogP contribution in [0.3, 0.4) is 0 Å². The van der Waals surface area contributed by atoms with Crippen molar-refractivity contribution in [2.24, 2.45) is 17.6 Å². The van der Waals surface area contributed by atoms with E-state index in [9.17, 15) is 9.90 Å². The number of primary amides is 1. The van der Waals surface area contributed by atoms with Crippen molar-refractivity contribution in [2.75, 3.05) is 13.7 Å². The van der Waals surface area contributed by atoms with Crippen LogP contribution in [0.2, 0.25) is 0 Å². The van der Waals surface area contributed by atoms with E-state index < -0.39 is 11.7 Å². The minimum absolute atomic E-state index is 0.0196. The van der Waals surface area contributed by atoms with E-state index in [1.807, 2.05) is 27.7 Å². The van der Waals surface area contributed by atoms with Crippen LogP contribution in [0.15, 0.2) is 37.0 Å². The van der Waals surface area contributed by atoms with Gasteiger partial charge in [0.05, 0.1) is 18.2 Å². The second-order valence-electron chi connectivity index (χ2n) is 8.49. The van der Waals surface area contributed by atoms with Gasteiger partial charge in [0.25, 0.3) is 0 Å². The molecular formula is C23H40N2O5. The molecule has 172 valence electrons. The molecule has 1 saturated heterocycles. The van der Waals surface area contributed by atoms with E-state index in [-0.39, 0.29) is 36.5 Å².